The molecule has 1 unspecified atom stereocenters. The topological polar surface area (TPSA) is 119 Å². The number of benzene rings is 1. The van der Waals surface area contributed by atoms with E-state index in [-0.39, 0.29) is 36.0 Å². The molecule has 0 radical (unpaired) electrons. The third-order valence-electron chi connectivity index (χ3n) is 5.63. The predicted octanol–water partition coefficient (Wildman–Crippen LogP) is 0.548. The minimum absolute atomic E-state index is 0.0658. The van der Waals surface area contributed by atoms with Gasteiger partial charge in [0.1, 0.15) is 23.7 Å². The number of piperidine rings is 1. The summed E-state index contributed by atoms with van der Waals surface area (Å²) in [6.07, 6.45) is 1.41. The molecule has 10 nitrogen and oxygen atoms in total. The van der Waals surface area contributed by atoms with E-state index in [1.807, 2.05) is 18.2 Å². The van der Waals surface area contributed by atoms with E-state index in [0.717, 1.165) is 11.0 Å². The Kier molecular flexibility index (Phi) is 5.71. The van der Waals surface area contributed by atoms with Gasteiger partial charge in [0.25, 0.3) is 5.56 Å². The van der Waals surface area contributed by atoms with E-state index in [4.69, 9.17) is 4.74 Å². The quantitative estimate of drug-likeness (QED) is 0.589. The molecule has 0 aliphatic carbocycles. The Labute approximate surface area is 179 Å². The van der Waals surface area contributed by atoms with Gasteiger partial charge in [-0.15, -0.1) is 0 Å². The lowest BCUT2D eigenvalue weighted by molar-refractivity contribution is 0.300. The van der Waals surface area contributed by atoms with Gasteiger partial charge in [-0.1, -0.05) is 18.2 Å². The predicted molar refractivity (Wildman–Crippen MR) is 116 cm³/mol. The van der Waals surface area contributed by atoms with Crippen molar-refractivity contribution < 1.29 is 13.2 Å². The van der Waals surface area contributed by atoms with Crippen LogP contribution in [0.3, 0.4) is 0 Å². The molecule has 1 aromatic carbocycles. The Balaban J connectivity index is 1.50. The van der Waals surface area contributed by atoms with Crippen LogP contribution in [0.15, 0.2) is 39.9 Å². The molecule has 1 saturated heterocycles. The molecule has 1 atom stereocenters. The lowest BCUT2D eigenvalue weighted by Crippen LogP contribution is -2.41. The molecule has 166 valence electrons. The number of nitrogens with zero attached hydrogens (tertiary/aromatic N) is 4. The van der Waals surface area contributed by atoms with Crippen LogP contribution in [0.25, 0.3) is 11.2 Å². The van der Waals surface area contributed by atoms with Crippen LogP contribution in [-0.2, 0) is 24.1 Å². The standard InChI is InChI=1S/C20H25N5O5S/c1-23-18-16(19(26)24(2)20(23)27)21-17(22-18)14-7-6-10-25(13-14)31(28,29)12-11-30-15-8-4-3-5-9-15/h3-5,8-9,14H,6-7,10-13H2,1-2H3,(H,21,22). The van der Waals surface area contributed by atoms with Crippen molar-refractivity contribution in [3.05, 3.63) is 57.0 Å². The van der Waals surface area contributed by atoms with Crippen LogP contribution >= 0.6 is 0 Å². The third-order valence-corrected chi connectivity index (χ3v) is 7.43. The molecule has 4 rings (SSSR count). The Hall–Kier alpha value is -2.92. The number of imidazole rings is 1. The fourth-order valence-electron chi connectivity index (χ4n) is 3.87. The highest BCUT2D eigenvalue weighted by molar-refractivity contribution is 7.89. The van der Waals surface area contributed by atoms with Gasteiger partial charge < -0.3 is 9.72 Å². The first kappa shape index (κ1) is 21.3. The van der Waals surface area contributed by atoms with Crippen LogP contribution in [0.1, 0.15) is 24.6 Å². The Bertz CT molecular complexity index is 1310. The number of para-hydroxylation sites is 1. The van der Waals surface area contributed by atoms with Crippen LogP contribution in [0.5, 0.6) is 5.75 Å². The largest absolute Gasteiger partial charge is 0.492 e. The van der Waals surface area contributed by atoms with Crippen LogP contribution < -0.4 is 16.0 Å². The van der Waals surface area contributed by atoms with E-state index in [1.165, 1.54) is 15.9 Å². The Morgan fingerprint density at radius 1 is 1.16 bits per heavy atom. The van der Waals surface area contributed by atoms with E-state index in [2.05, 4.69) is 9.97 Å². The number of aromatic nitrogens is 4. The number of fused-ring (bicyclic) bond motifs is 1. The molecule has 31 heavy (non-hydrogen) atoms. The van der Waals surface area contributed by atoms with Gasteiger partial charge in [0, 0.05) is 33.1 Å². The van der Waals surface area contributed by atoms with Crippen LogP contribution in [-0.4, -0.2) is 57.3 Å². The smallest absolute Gasteiger partial charge is 0.332 e. The van der Waals surface area contributed by atoms with E-state index in [1.54, 1.807) is 19.2 Å². The van der Waals surface area contributed by atoms with Crippen LogP contribution in [0, 0.1) is 0 Å². The average Bonchev–Trinajstić information content (AvgIpc) is 3.23. The molecule has 0 amide bonds. The highest BCUT2D eigenvalue weighted by Gasteiger charge is 2.31. The normalized spacial score (nSPS) is 17.8. The second-order valence-electron chi connectivity index (χ2n) is 7.70. The summed E-state index contributed by atoms with van der Waals surface area (Å²) in [6.45, 7) is 0.767. The monoisotopic (exact) mass is 447 g/mol. The zero-order valence-electron chi connectivity index (χ0n) is 17.4. The number of rotatable bonds is 6. The lowest BCUT2D eigenvalue weighted by Gasteiger charge is -2.30. The van der Waals surface area contributed by atoms with Crippen LogP contribution in [0.2, 0.25) is 0 Å². The van der Waals surface area contributed by atoms with Gasteiger partial charge in [0.2, 0.25) is 10.0 Å². The fourth-order valence-corrected chi connectivity index (χ4v) is 5.23. The van der Waals surface area contributed by atoms with Gasteiger partial charge in [0.05, 0.1) is 5.75 Å². The zero-order valence-corrected chi connectivity index (χ0v) is 18.3. The second kappa shape index (κ2) is 8.31. The number of aromatic amines is 1. The van der Waals surface area contributed by atoms with E-state index in [0.29, 0.717) is 24.5 Å². The summed E-state index contributed by atoms with van der Waals surface area (Å²) in [5, 5.41) is 0. The first-order valence-corrected chi connectivity index (χ1v) is 11.7. The molecule has 0 saturated carbocycles. The summed E-state index contributed by atoms with van der Waals surface area (Å²) < 4.78 is 35.0. The molecular weight excluding hydrogens is 422 g/mol. The van der Waals surface area contributed by atoms with Crippen molar-refractivity contribution in [1.82, 2.24) is 23.4 Å². The van der Waals surface area contributed by atoms with E-state index >= 15 is 0 Å². The molecule has 11 heteroatoms. The minimum atomic E-state index is -3.51. The average molecular weight is 448 g/mol. The maximum atomic E-state index is 12.8. The fraction of sp³-hybridized carbons (Fsp3) is 0.450. The van der Waals surface area contributed by atoms with Crippen molar-refractivity contribution in [1.29, 1.82) is 0 Å². The lowest BCUT2D eigenvalue weighted by atomic mass is 9.99. The number of nitrogens with one attached hydrogen (secondary N) is 1. The minimum Gasteiger partial charge on any atom is -0.492 e. The van der Waals surface area contributed by atoms with Gasteiger partial charge in [-0.05, 0) is 25.0 Å². The molecule has 1 fully saturated rings. The summed E-state index contributed by atoms with van der Waals surface area (Å²) in [6, 6.07) is 9.08. The Morgan fingerprint density at radius 3 is 2.65 bits per heavy atom. The molecule has 0 bridgehead atoms. The van der Waals surface area contributed by atoms with Crippen molar-refractivity contribution >= 4 is 21.2 Å². The second-order valence-corrected chi connectivity index (χ2v) is 9.79. The summed E-state index contributed by atoms with van der Waals surface area (Å²) in [5.74, 6) is 0.840. The van der Waals surface area contributed by atoms with Crippen molar-refractivity contribution in [3.63, 3.8) is 0 Å². The molecule has 3 heterocycles. The summed E-state index contributed by atoms with van der Waals surface area (Å²) in [7, 11) is -0.540. The van der Waals surface area contributed by atoms with Crippen molar-refractivity contribution in [2.45, 2.75) is 18.8 Å². The maximum absolute atomic E-state index is 12.8. The van der Waals surface area contributed by atoms with Crippen LogP contribution in [0.4, 0.5) is 0 Å². The molecule has 1 aliphatic heterocycles. The maximum Gasteiger partial charge on any atom is 0.332 e. The molecule has 0 spiro atoms. The number of hydrogen-bond acceptors (Lipinski definition) is 6. The first-order chi connectivity index (χ1) is 14.8. The van der Waals surface area contributed by atoms with Gasteiger partial charge in [-0.2, -0.15) is 0 Å². The highest BCUT2D eigenvalue weighted by atomic mass is 32.2. The van der Waals surface area contributed by atoms with Gasteiger partial charge in [-0.25, -0.2) is 22.5 Å². The molecule has 1 N–H and O–H groups in total. The summed E-state index contributed by atoms with van der Waals surface area (Å²) >= 11 is 0. The zero-order chi connectivity index (χ0) is 22.2. The Morgan fingerprint density at radius 2 is 1.90 bits per heavy atom. The van der Waals surface area contributed by atoms with Gasteiger partial charge in [0.15, 0.2) is 5.65 Å². The van der Waals surface area contributed by atoms with Crippen molar-refractivity contribution in [2.24, 2.45) is 14.1 Å². The van der Waals surface area contributed by atoms with Crippen molar-refractivity contribution in [3.8, 4) is 5.75 Å². The number of sulfonamides is 1. The van der Waals surface area contributed by atoms with Gasteiger partial charge >= 0.3 is 5.69 Å². The number of aryl methyl sites for hydroxylation is 1. The SMILES string of the molecule is Cn1c(=O)c2[nH]c(C3CCCN(S(=O)(=O)CCOc4ccccc4)C3)nc2n(C)c1=O. The third kappa shape index (κ3) is 4.15. The molecule has 1 aliphatic rings. The number of ether oxygens (including phenoxy) is 1. The first-order valence-electron chi connectivity index (χ1n) is 10.1. The molecule has 3 aromatic rings. The van der Waals surface area contributed by atoms with E-state index in [9.17, 15) is 18.0 Å². The van der Waals surface area contributed by atoms with Gasteiger partial charge in [-0.3, -0.25) is 13.9 Å². The highest BCUT2D eigenvalue weighted by Crippen LogP contribution is 2.27. The number of hydrogen-bond donors (Lipinski definition) is 1. The molecular formula is C20H25N5O5S. The summed E-state index contributed by atoms with van der Waals surface area (Å²) in [5.41, 5.74) is -0.382. The molecule has 2 aromatic heterocycles. The number of H-pyrrole nitrogens is 1. The van der Waals surface area contributed by atoms with Crippen molar-refractivity contribution in [2.75, 3.05) is 25.4 Å². The van der Waals surface area contributed by atoms with E-state index < -0.39 is 21.3 Å². The summed E-state index contributed by atoms with van der Waals surface area (Å²) in [4.78, 5) is 32.1.